The van der Waals surface area contributed by atoms with Gasteiger partial charge in [0, 0.05) is 18.4 Å². The van der Waals surface area contributed by atoms with Gasteiger partial charge in [-0.25, -0.2) is 9.97 Å². The minimum atomic E-state index is -0.273. The Hall–Kier alpha value is -3.92. The summed E-state index contributed by atoms with van der Waals surface area (Å²) in [4.78, 5) is 20.7. The van der Waals surface area contributed by atoms with Gasteiger partial charge in [-0.2, -0.15) is 5.26 Å². The lowest BCUT2D eigenvalue weighted by Gasteiger charge is -2.08. The van der Waals surface area contributed by atoms with Gasteiger partial charge in [-0.05, 0) is 48.4 Å². The summed E-state index contributed by atoms with van der Waals surface area (Å²) in [5.74, 6) is 0.816. The number of hydrogen-bond acceptors (Lipinski definition) is 6. The van der Waals surface area contributed by atoms with Gasteiger partial charge in [0.2, 0.25) is 5.95 Å². The topological polar surface area (TPSA) is 99.9 Å². The van der Waals surface area contributed by atoms with Crippen LogP contribution < -0.4 is 15.4 Å². The number of nitrogens with one attached hydrogen (secondary N) is 2. The van der Waals surface area contributed by atoms with E-state index in [0.29, 0.717) is 24.2 Å². The van der Waals surface area contributed by atoms with E-state index in [4.69, 9.17) is 10.00 Å². The molecule has 1 aromatic heterocycles. The van der Waals surface area contributed by atoms with Gasteiger partial charge in [-0.15, -0.1) is 0 Å². The molecule has 0 saturated heterocycles. The quantitative estimate of drug-likeness (QED) is 0.660. The Morgan fingerprint density at radius 1 is 1.18 bits per heavy atom. The highest BCUT2D eigenvalue weighted by Gasteiger charge is 2.09. The predicted octanol–water partition coefficient (Wildman–Crippen LogP) is 3.07. The number of nitrogens with zero attached hydrogens (tertiary/aromatic N) is 3. The van der Waals surface area contributed by atoms with Crippen molar-refractivity contribution in [3.63, 3.8) is 0 Å². The number of ether oxygens (including phenoxy) is 1. The molecule has 3 aromatic rings. The van der Waals surface area contributed by atoms with Crippen LogP contribution in [0.3, 0.4) is 0 Å². The molecule has 0 saturated carbocycles. The molecule has 0 bridgehead atoms. The molecule has 7 nitrogen and oxygen atoms in total. The van der Waals surface area contributed by atoms with Crippen molar-refractivity contribution in [2.45, 2.75) is 6.42 Å². The second kappa shape index (κ2) is 9.14. The van der Waals surface area contributed by atoms with Gasteiger partial charge < -0.3 is 15.4 Å². The lowest BCUT2D eigenvalue weighted by molar-refractivity contribution is 0.0949. The maximum Gasteiger partial charge on any atom is 0.270 e. The number of amides is 1. The Morgan fingerprint density at radius 2 is 2.00 bits per heavy atom. The minimum Gasteiger partial charge on any atom is -0.497 e. The third-order valence-corrected chi connectivity index (χ3v) is 3.99. The van der Waals surface area contributed by atoms with Crippen molar-refractivity contribution < 1.29 is 9.53 Å². The first kappa shape index (κ1) is 18.9. The van der Waals surface area contributed by atoms with Gasteiger partial charge in [0.1, 0.15) is 11.4 Å². The zero-order chi connectivity index (χ0) is 19.8. The molecule has 2 N–H and O–H groups in total. The fourth-order valence-corrected chi connectivity index (χ4v) is 2.54. The summed E-state index contributed by atoms with van der Waals surface area (Å²) < 4.78 is 5.13. The van der Waals surface area contributed by atoms with E-state index in [0.717, 1.165) is 11.3 Å². The van der Waals surface area contributed by atoms with Crippen LogP contribution in [0.2, 0.25) is 0 Å². The molecule has 140 valence electrons. The highest BCUT2D eigenvalue weighted by atomic mass is 16.5. The standard InChI is InChI=1S/C21H19N5O2/c1-28-18-7-5-15(6-8-18)9-11-23-20(27)19-10-12-24-21(26-19)25-17-4-2-3-16(13-17)14-22/h2-8,10,12-13H,9,11H2,1H3,(H,23,27)(H,24,25,26). The van der Waals surface area contributed by atoms with E-state index in [1.165, 1.54) is 6.20 Å². The lowest BCUT2D eigenvalue weighted by atomic mass is 10.1. The van der Waals surface area contributed by atoms with Crippen LogP contribution in [-0.2, 0) is 6.42 Å². The van der Waals surface area contributed by atoms with E-state index in [2.05, 4.69) is 26.7 Å². The molecule has 1 amide bonds. The first-order valence-electron chi connectivity index (χ1n) is 8.69. The molecule has 0 aliphatic rings. The summed E-state index contributed by atoms with van der Waals surface area (Å²) in [5, 5.41) is 14.8. The number of anilines is 2. The zero-order valence-corrected chi connectivity index (χ0v) is 15.3. The maximum atomic E-state index is 12.3. The van der Waals surface area contributed by atoms with Crippen molar-refractivity contribution >= 4 is 17.5 Å². The number of benzene rings is 2. The third kappa shape index (κ3) is 5.05. The van der Waals surface area contributed by atoms with E-state index in [-0.39, 0.29) is 17.5 Å². The van der Waals surface area contributed by atoms with E-state index in [1.54, 1.807) is 37.4 Å². The smallest absolute Gasteiger partial charge is 0.270 e. The average Bonchev–Trinajstić information content (AvgIpc) is 2.74. The monoisotopic (exact) mass is 373 g/mol. The summed E-state index contributed by atoms with van der Waals surface area (Å²) in [7, 11) is 1.63. The van der Waals surface area contributed by atoms with Crippen LogP contribution in [-0.4, -0.2) is 29.5 Å². The van der Waals surface area contributed by atoms with Crippen LogP contribution in [0.4, 0.5) is 11.6 Å². The second-order valence-corrected chi connectivity index (χ2v) is 5.94. The Balaban J connectivity index is 1.57. The minimum absolute atomic E-state index is 0.267. The Morgan fingerprint density at radius 3 is 2.75 bits per heavy atom. The van der Waals surface area contributed by atoms with E-state index in [9.17, 15) is 4.79 Å². The number of nitriles is 1. The predicted molar refractivity (Wildman–Crippen MR) is 106 cm³/mol. The van der Waals surface area contributed by atoms with Crippen molar-refractivity contribution in [3.05, 3.63) is 77.6 Å². The molecule has 0 aliphatic carbocycles. The molecule has 2 aromatic carbocycles. The van der Waals surface area contributed by atoms with Crippen LogP contribution in [0.5, 0.6) is 5.75 Å². The van der Waals surface area contributed by atoms with E-state index in [1.807, 2.05) is 24.3 Å². The van der Waals surface area contributed by atoms with Crippen LogP contribution in [0.25, 0.3) is 0 Å². The van der Waals surface area contributed by atoms with Crippen molar-refractivity contribution in [1.29, 1.82) is 5.26 Å². The fraction of sp³-hybridized carbons (Fsp3) is 0.143. The molecule has 0 atom stereocenters. The molecule has 0 aliphatic heterocycles. The normalized spacial score (nSPS) is 10.0. The van der Waals surface area contributed by atoms with Crippen molar-refractivity contribution in [2.75, 3.05) is 19.0 Å². The SMILES string of the molecule is COc1ccc(CCNC(=O)c2ccnc(Nc3cccc(C#N)c3)n2)cc1. The van der Waals surface area contributed by atoms with E-state index < -0.39 is 0 Å². The van der Waals surface area contributed by atoms with Crippen molar-refractivity contribution in [1.82, 2.24) is 15.3 Å². The molecule has 0 fully saturated rings. The maximum absolute atomic E-state index is 12.3. The van der Waals surface area contributed by atoms with Gasteiger partial charge in [-0.3, -0.25) is 4.79 Å². The molecule has 28 heavy (non-hydrogen) atoms. The number of rotatable bonds is 7. The van der Waals surface area contributed by atoms with Crippen LogP contribution in [0.1, 0.15) is 21.6 Å². The largest absolute Gasteiger partial charge is 0.497 e. The zero-order valence-electron chi connectivity index (χ0n) is 15.3. The van der Waals surface area contributed by atoms with Crippen molar-refractivity contribution in [2.24, 2.45) is 0 Å². The molecule has 1 heterocycles. The van der Waals surface area contributed by atoms with Crippen molar-refractivity contribution in [3.8, 4) is 11.8 Å². The third-order valence-electron chi connectivity index (χ3n) is 3.99. The summed E-state index contributed by atoms with van der Waals surface area (Å²) in [6, 6.07) is 18.3. The molecule has 0 unspecified atom stereocenters. The highest BCUT2D eigenvalue weighted by Crippen LogP contribution is 2.14. The fourth-order valence-electron chi connectivity index (χ4n) is 2.54. The number of aromatic nitrogens is 2. The summed E-state index contributed by atoms with van der Waals surface area (Å²) >= 11 is 0. The van der Waals surface area contributed by atoms with Gasteiger partial charge in [0.05, 0.1) is 18.7 Å². The van der Waals surface area contributed by atoms with Gasteiger partial charge >= 0.3 is 0 Å². The van der Waals surface area contributed by atoms with Crippen LogP contribution in [0, 0.1) is 11.3 Å². The Labute approximate surface area is 163 Å². The number of carbonyl (C=O) groups is 1. The molecule has 3 rings (SSSR count). The van der Waals surface area contributed by atoms with Gasteiger partial charge in [0.25, 0.3) is 5.91 Å². The number of hydrogen-bond donors (Lipinski definition) is 2. The van der Waals surface area contributed by atoms with E-state index >= 15 is 0 Å². The van der Waals surface area contributed by atoms with Gasteiger partial charge in [-0.1, -0.05) is 18.2 Å². The highest BCUT2D eigenvalue weighted by molar-refractivity contribution is 5.92. The molecule has 0 radical (unpaired) electrons. The van der Waals surface area contributed by atoms with Gasteiger partial charge in [0.15, 0.2) is 0 Å². The summed E-state index contributed by atoms with van der Waals surface area (Å²) in [6.45, 7) is 0.488. The molecule has 7 heteroatoms. The second-order valence-electron chi connectivity index (χ2n) is 5.94. The molecular weight excluding hydrogens is 354 g/mol. The first-order chi connectivity index (χ1) is 13.7. The summed E-state index contributed by atoms with van der Waals surface area (Å²) in [6.07, 6.45) is 2.22. The average molecular weight is 373 g/mol. The summed E-state index contributed by atoms with van der Waals surface area (Å²) in [5.41, 5.74) is 2.57. The molecule has 0 spiro atoms. The molecular formula is C21H19N5O2. The Kier molecular flexibility index (Phi) is 6.16. The number of methoxy groups -OCH3 is 1. The Bertz CT molecular complexity index is 996. The number of carbonyl (C=O) groups excluding carboxylic acids is 1. The van der Waals surface area contributed by atoms with Crippen LogP contribution in [0.15, 0.2) is 60.8 Å². The lowest BCUT2D eigenvalue weighted by Crippen LogP contribution is -2.26. The van der Waals surface area contributed by atoms with Crippen LogP contribution >= 0.6 is 0 Å². The first-order valence-corrected chi connectivity index (χ1v) is 8.69.